The number of amides is 1. The van der Waals surface area contributed by atoms with Crippen molar-refractivity contribution in [3.8, 4) is 11.5 Å². The number of methoxy groups -OCH3 is 2. The highest BCUT2D eigenvalue weighted by Crippen LogP contribution is 2.24. The van der Waals surface area contributed by atoms with Gasteiger partial charge in [-0.3, -0.25) is 4.79 Å². The Labute approximate surface area is 151 Å². The van der Waals surface area contributed by atoms with Gasteiger partial charge in [-0.05, 0) is 36.4 Å². The van der Waals surface area contributed by atoms with Gasteiger partial charge in [-0.25, -0.2) is 4.98 Å². The van der Waals surface area contributed by atoms with E-state index in [0.717, 1.165) is 22.4 Å². The van der Waals surface area contributed by atoms with Crippen LogP contribution in [0.2, 0.25) is 0 Å². The van der Waals surface area contributed by atoms with Crippen molar-refractivity contribution in [2.45, 2.75) is 6.42 Å². The van der Waals surface area contributed by atoms with Crippen LogP contribution in [-0.4, -0.2) is 36.6 Å². The highest BCUT2D eigenvalue weighted by Gasteiger charge is 2.04. The first kappa shape index (κ1) is 17.5. The van der Waals surface area contributed by atoms with Crippen LogP contribution in [0.25, 0.3) is 17.1 Å². The standard InChI is InChI=1S/C20H21N3O3/c1-25-15-8-9-18(26-2)14(13-15)7-10-20(24)21-12-11-19-22-16-5-3-4-6-17(16)23-19/h3-10,13H,11-12H2,1-2H3,(H,21,24)(H,22,23)/b10-7+. The molecule has 0 unspecified atom stereocenters. The van der Waals surface area contributed by atoms with Crippen molar-refractivity contribution in [3.05, 3.63) is 59.9 Å². The first-order valence-electron chi connectivity index (χ1n) is 8.31. The molecule has 3 rings (SSSR count). The Morgan fingerprint density at radius 3 is 2.81 bits per heavy atom. The van der Waals surface area contributed by atoms with E-state index in [0.29, 0.717) is 24.5 Å². The molecule has 1 aromatic heterocycles. The van der Waals surface area contributed by atoms with E-state index in [-0.39, 0.29) is 5.91 Å². The van der Waals surface area contributed by atoms with Gasteiger partial charge < -0.3 is 19.8 Å². The highest BCUT2D eigenvalue weighted by atomic mass is 16.5. The molecule has 0 saturated heterocycles. The van der Waals surface area contributed by atoms with Crippen LogP contribution in [0.5, 0.6) is 11.5 Å². The first-order chi connectivity index (χ1) is 12.7. The maximum absolute atomic E-state index is 12.0. The van der Waals surface area contributed by atoms with Gasteiger partial charge in [0.15, 0.2) is 0 Å². The monoisotopic (exact) mass is 351 g/mol. The lowest BCUT2D eigenvalue weighted by Crippen LogP contribution is -2.23. The van der Waals surface area contributed by atoms with Gasteiger partial charge in [-0.2, -0.15) is 0 Å². The Balaban J connectivity index is 1.56. The molecule has 0 fully saturated rings. The number of aromatic nitrogens is 2. The SMILES string of the molecule is COc1ccc(OC)c(/C=C/C(=O)NCCc2nc3ccccc3[nH]2)c1. The maximum Gasteiger partial charge on any atom is 0.244 e. The van der Waals surface area contributed by atoms with E-state index in [2.05, 4.69) is 15.3 Å². The summed E-state index contributed by atoms with van der Waals surface area (Å²) < 4.78 is 10.5. The number of carbonyl (C=O) groups excluding carboxylic acids is 1. The van der Waals surface area contributed by atoms with E-state index < -0.39 is 0 Å². The number of H-pyrrole nitrogens is 1. The second kappa shape index (κ2) is 8.20. The Hall–Kier alpha value is -3.28. The summed E-state index contributed by atoms with van der Waals surface area (Å²) in [5.41, 5.74) is 2.71. The zero-order chi connectivity index (χ0) is 18.4. The third-order valence-corrected chi connectivity index (χ3v) is 3.95. The number of carbonyl (C=O) groups is 1. The smallest absolute Gasteiger partial charge is 0.244 e. The van der Waals surface area contributed by atoms with Crippen LogP contribution in [-0.2, 0) is 11.2 Å². The summed E-state index contributed by atoms with van der Waals surface area (Å²) in [4.78, 5) is 19.8. The summed E-state index contributed by atoms with van der Waals surface area (Å²) in [6.07, 6.45) is 3.82. The molecule has 0 aliphatic rings. The molecule has 1 amide bonds. The molecule has 2 aromatic carbocycles. The molecular weight excluding hydrogens is 330 g/mol. The molecule has 134 valence electrons. The fraction of sp³-hybridized carbons (Fsp3) is 0.200. The van der Waals surface area contributed by atoms with Gasteiger partial charge in [0.2, 0.25) is 5.91 Å². The average molecular weight is 351 g/mol. The molecule has 6 nitrogen and oxygen atoms in total. The van der Waals surface area contributed by atoms with Gasteiger partial charge in [0, 0.05) is 24.6 Å². The molecule has 2 N–H and O–H groups in total. The van der Waals surface area contributed by atoms with Gasteiger partial charge in [0.1, 0.15) is 17.3 Å². The normalized spacial score (nSPS) is 11.0. The van der Waals surface area contributed by atoms with E-state index in [4.69, 9.17) is 9.47 Å². The molecule has 6 heteroatoms. The fourth-order valence-corrected chi connectivity index (χ4v) is 2.62. The minimum absolute atomic E-state index is 0.175. The van der Waals surface area contributed by atoms with E-state index in [1.807, 2.05) is 36.4 Å². The van der Waals surface area contributed by atoms with Gasteiger partial charge >= 0.3 is 0 Å². The van der Waals surface area contributed by atoms with Gasteiger partial charge in [-0.1, -0.05) is 12.1 Å². The van der Waals surface area contributed by atoms with Crippen LogP contribution < -0.4 is 14.8 Å². The molecule has 0 atom stereocenters. The fourth-order valence-electron chi connectivity index (χ4n) is 2.62. The summed E-state index contributed by atoms with van der Waals surface area (Å²) in [7, 11) is 3.19. The molecule has 26 heavy (non-hydrogen) atoms. The van der Waals surface area contributed by atoms with E-state index >= 15 is 0 Å². The quantitative estimate of drug-likeness (QED) is 0.642. The number of ether oxygens (including phenoxy) is 2. The summed E-state index contributed by atoms with van der Waals surface area (Å²) in [6, 6.07) is 13.3. The largest absolute Gasteiger partial charge is 0.497 e. The molecule has 3 aromatic rings. The molecule has 0 aliphatic carbocycles. The second-order valence-corrected chi connectivity index (χ2v) is 5.68. The first-order valence-corrected chi connectivity index (χ1v) is 8.31. The van der Waals surface area contributed by atoms with Gasteiger partial charge in [0.25, 0.3) is 0 Å². The number of rotatable bonds is 7. The highest BCUT2D eigenvalue weighted by molar-refractivity contribution is 5.92. The lowest BCUT2D eigenvalue weighted by molar-refractivity contribution is -0.116. The molecular formula is C20H21N3O3. The molecule has 0 spiro atoms. The zero-order valence-corrected chi connectivity index (χ0v) is 14.8. The van der Waals surface area contributed by atoms with Crippen molar-refractivity contribution < 1.29 is 14.3 Å². The van der Waals surface area contributed by atoms with Crippen LogP contribution in [0, 0.1) is 0 Å². The number of nitrogens with zero attached hydrogens (tertiary/aromatic N) is 1. The Morgan fingerprint density at radius 2 is 2.04 bits per heavy atom. The molecule has 0 radical (unpaired) electrons. The van der Waals surface area contributed by atoms with Crippen molar-refractivity contribution in [1.82, 2.24) is 15.3 Å². The Bertz CT molecular complexity index is 898. The molecule has 0 aliphatic heterocycles. The number of aromatic amines is 1. The van der Waals surface area contributed by atoms with Gasteiger partial charge in [0.05, 0.1) is 25.3 Å². The van der Waals surface area contributed by atoms with E-state index in [1.165, 1.54) is 6.08 Å². The predicted octanol–water partition coefficient (Wildman–Crippen LogP) is 2.95. The molecule has 0 bridgehead atoms. The number of fused-ring (bicyclic) bond motifs is 1. The minimum atomic E-state index is -0.175. The predicted molar refractivity (Wildman–Crippen MR) is 101 cm³/mol. The van der Waals surface area contributed by atoms with Crippen molar-refractivity contribution >= 4 is 23.0 Å². The minimum Gasteiger partial charge on any atom is -0.497 e. The van der Waals surface area contributed by atoms with E-state index in [1.54, 1.807) is 26.4 Å². The van der Waals surface area contributed by atoms with Gasteiger partial charge in [-0.15, -0.1) is 0 Å². The van der Waals surface area contributed by atoms with Crippen LogP contribution in [0.1, 0.15) is 11.4 Å². The van der Waals surface area contributed by atoms with Crippen LogP contribution in [0.15, 0.2) is 48.5 Å². The number of hydrogen-bond donors (Lipinski definition) is 2. The van der Waals surface area contributed by atoms with Crippen molar-refractivity contribution in [2.75, 3.05) is 20.8 Å². The number of nitrogens with one attached hydrogen (secondary N) is 2. The molecule has 0 saturated carbocycles. The maximum atomic E-state index is 12.0. The number of imidazole rings is 1. The van der Waals surface area contributed by atoms with Crippen LogP contribution in [0.4, 0.5) is 0 Å². The number of hydrogen-bond acceptors (Lipinski definition) is 4. The van der Waals surface area contributed by atoms with Crippen LogP contribution in [0.3, 0.4) is 0 Å². The van der Waals surface area contributed by atoms with E-state index in [9.17, 15) is 4.79 Å². The van der Waals surface area contributed by atoms with Crippen molar-refractivity contribution in [1.29, 1.82) is 0 Å². The summed E-state index contributed by atoms with van der Waals surface area (Å²) in [5.74, 6) is 2.06. The lowest BCUT2D eigenvalue weighted by atomic mass is 10.1. The Morgan fingerprint density at radius 1 is 1.19 bits per heavy atom. The summed E-state index contributed by atoms with van der Waals surface area (Å²) in [5, 5.41) is 2.85. The Kier molecular flexibility index (Phi) is 5.53. The van der Waals surface area contributed by atoms with Crippen molar-refractivity contribution in [3.63, 3.8) is 0 Å². The third kappa shape index (κ3) is 4.22. The third-order valence-electron chi connectivity index (χ3n) is 3.95. The average Bonchev–Trinajstić information content (AvgIpc) is 3.08. The molecule has 1 heterocycles. The van der Waals surface area contributed by atoms with Crippen LogP contribution >= 0.6 is 0 Å². The van der Waals surface area contributed by atoms with Crippen molar-refractivity contribution in [2.24, 2.45) is 0 Å². The summed E-state index contributed by atoms with van der Waals surface area (Å²) >= 11 is 0. The number of benzene rings is 2. The summed E-state index contributed by atoms with van der Waals surface area (Å²) in [6.45, 7) is 0.498. The topological polar surface area (TPSA) is 76.2 Å². The lowest BCUT2D eigenvalue weighted by Gasteiger charge is -2.07. The number of para-hydroxylation sites is 2. The second-order valence-electron chi connectivity index (χ2n) is 5.68. The zero-order valence-electron chi connectivity index (χ0n) is 14.8.